The van der Waals surface area contributed by atoms with E-state index >= 15 is 0 Å². The molecular weight excluding hydrogens is 254 g/mol. The first kappa shape index (κ1) is 12.2. The van der Waals surface area contributed by atoms with E-state index in [1.54, 1.807) is 24.8 Å². The number of nitrogens with zero attached hydrogens (tertiary/aromatic N) is 3. The summed E-state index contributed by atoms with van der Waals surface area (Å²) in [6.45, 7) is 0.437. The van der Waals surface area contributed by atoms with Crippen LogP contribution in [0.4, 0.5) is 11.8 Å². The van der Waals surface area contributed by atoms with Gasteiger partial charge in [0.05, 0.1) is 0 Å². The maximum Gasteiger partial charge on any atom is 0.258 e. The van der Waals surface area contributed by atoms with E-state index in [9.17, 15) is 0 Å². The molecule has 0 aliphatic carbocycles. The SMILES string of the molecule is c1ccc(COc2nccnc2Nc2ncc[nH]2)cc1. The van der Waals surface area contributed by atoms with Gasteiger partial charge in [-0.3, -0.25) is 0 Å². The van der Waals surface area contributed by atoms with E-state index in [1.807, 2.05) is 30.3 Å². The summed E-state index contributed by atoms with van der Waals surface area (Å²) < 4.78 is 5.69. The largest absolute Gasteiger partial charge is 0.470 e. The number of aromatic nitrogens is 4. The number of nitrogens with one attached hydrogen (secondary N) is 2. The molecule has 2 N–H and O–H groups in total. The molecule has 3 aromatic rings. The van der Waals surface area contributed by atoms with Crippen LogP contribution in [0.15, 0.2) is 55.1 Å². The number of anilines is 2. The van der Waals surface area contributed by atoms with Crippen molar-refractivity contribution in [3.05, 3.63) is 60.7 Å². The standard InChI is InChI=1S/C14H13N5O/c1-2-4-11(5-3-1)10-20-13-12(15-6-7-16-13)19-14-17-8-9-18-14/h1-9H,10H2,(H2,15,17,18,19). The fourth-order valence-electron chi connectivity index (χ4n) is 1.69. The summed E-state index contributed by atoms with van der Waals surface area (Å²) in [4.78, 5) is 15.4. The molecule has 20 heavy (non-hydrogen) atoms. The Kier molecular flexibility index (Phi) is 3.55. The molecule has 0 aliphatic heterocycles. The summed E-state index contributed by atoms with van der Waals surface area (Å²) in [6, 6.07) is 9.90. The minimum atomic E-state index is 0.437. The zero-order valence-corrected chi connectivity index (χ0v) is 10.7. The first-order valence-corrected chi connectivity index (χ1v) is 6.16. The Bertz CT molecular complexity index is 654. The summed E-state index contributed by atoms with van der Waals surface area (Å²) >= 11 is 0. The van der Waals surface area contributed by atoms with Crippen molar-refractivity contribution in [1.29, 1.82) is 0 Å². The first-order valence-electron chi connectivity index (χ1n) is 6.16. The molecule has 2 aromatic heterocycles. The van der Waals surface area contributed by atoms with Crippen molar-refractivity contribution in [2.75, 3.05) is 5.32 Å². The molecule has 1 aromatic carbocycles. The molecule has 0 bridgehead atoms. The van der Waals surface area contributed by atoms with Crippen LogP contribution in [0.3, 0.4) is 0 Å². The third-order valence-electron chi connectivity index (χ3n) is 2.62. The van der Waals surface area contributed by atoms with Crippen LogP contribution < -0.4 is 10.1 Å². The molecule has 0 saturated carbocycles. The Labute approximate surface area is 115 Å². The third-order valence-corrected chi connectivity index (χ3v) is 2.62. The number of hydrogen-bond donors (Lipinski definition) is 2. The van der Waals surface area contributed by atoms with Crippen molar-refractivity contribution in [3.63, 3.8) is 0 Å². The molecule has 0 spiro atoms. The zero-order valence-electron chi connectivity index (χ0n) is 10.7. The molecule has 0 radical (unpaired) electrons. The molecule has 0 saturated heterocycles. The molecule has 0 amide bonds. The lowest BCUT2D eigenvalue weighted by Gasteiger charge is -2.09. The van der Waals surface area contributed by atoms with Gasteiger partial charge in [-0.15, -0.1) is 0 Å². The Morgan fingerprint density at radius 2 is 1.85 bits per heavy atom. The van der Waals surface area contributed by atoms with Crippen molar-refractivity contribution in [1.82, 2.24) is 19.9 Å². The van der Waals surface area contributed by atoms with E-state index in [1.165, 1.54) is 0 Å². The molecule has 6 nitrogen and oxygen atoms in total. The van der Waals surface area contributed by atoms with Gasteiger partial charge in [-0.25, -0.2) is 15.0 Å². The predicted octanol–water partition coefficient (Wildman–Crippen LogP) is 2.52. The van der Waals surface area contributed by atoms with Crippen LogP contribution in [0.25, 0.3) is 0 Å². The van der Waals surface area contributed by atoms with E-state index in [0.717, 1.165) is 5.56 Å². The van der Waals surface area contributed by atoms with Crippen molar-refractivity contribution in [2.45, 2.75) is 6.61 Å². The van der Waals surface area contributed by atoms with Crippen LogP contribution in [0, 0.1) is 0 Å². The number of benzene rings is 1. The maximum absolute atomic E-state index is 5.69. The average Bonchev–Trinajstić information content (AvgIpc) is 3.00. The van der Waals surface area contributed by atoms with E-state index in [-0.39, 0.29) is 0 Å². The van der Waals surface area contributed by atoms with Gasteiger partial charge < -0.3 is 15.0 Å². The van der Waals surface area contributed by atoms with E-state index in [2.05, 4.69) is 25.3 Å². The van der Waals surface area contributed by atoms with Gasteiger partial charge in [0.25, 0.3) is 5.88 Å². The van der Waals surface area contributed by atoms with Crippen molar-refractivity contribution >= 4 is 11.8 Å². The smallest absolute Gasteiger partial charge is 0.258 e. The topological polar surface area (TPSA) is 75.7 Å². The summed E-state index contributed by atoms with van der Waals surface area (Å²) in [5.41, 5.74) is 1.07. The van der Waals surface area contributed by atoms with Crippen molar-refractivity contribution in [2.24, 2.45) is 0 Å². The molecule has 6 heteroatoms. The molecule has 100 valence electrons. The van der Waals surface area contributed by atoms with Crippen LogP contribution in [-0.2, 0) is 6.61 Å². The van der Waals surface area contributed by atoms with Crippen LogP contribution in [0.1, 0.15) is 5.56 Å². The van der Waals surface area contributed by atoms with Crippen LogP contribution in [0.5, 0.6) is 5.88 Å². The van der Waals surface area contributed by atoms with E-state index in [0.29, 0.717) is 24.3 Å². The van der Waals surface area contributed by atoms with Gasteiger partial charge >= 0.3 is 0 Å². The molecule has 0 atom stereocenters. The Morgan fingerprint density at radius 3 is 2.65 bits per heavy atom. The Morgan fingerprint density at radius 1 is 1.00 bits per heavy atom. The van der Waals surface area contributed by atoms with Crippen LogP contribution in [0.2, 0.25) is 0 Å². The fourth-order valence-corrected chi connectivity index (χ4v) is 1.69. The number of hydrogen-bond acceptors (Lipinski definition) is 5. The van der Waals surface area contributed by atoms with Crippen LogP contribution in [-0.4, -0.2) is 19.9 Å². The second kappa shape index (κ2) is 5.83. The number of aromatic amines is 1. The lowest BCUT2D eigenvalue weighted by molar-refractivity contribution is 0.294. The van der Waals surface area contributed by atoms with Gasteiger partial charge in [0.15, 0.2) is 5.82 Å². The van der Waals surface area contributed by atoms with Gasteiger partial charge in [0.1, 0.15) is 6.61 Å². The highest BCUT2D eigenvalue weighted by Crippen LogP contribution is 2.21. The summed E-state index contributed by atoms with van der Waals surface area (Å²) in [6.07, 6.45) is 6.57. The third kappa shape index (κ3) is 2.92. The first-order chi connectivity index (χ1) is 9.92. The van der Waals surface area contributed by atoms with Gasteiger partial charge in [0, 0.05) is 24.8 Å². The van der Waals surface area contributed by atoms with Gasteiger partial charge in [-0.2, -0.15) is 0 Å². The van der Waals surface area contributed by atoms with Gasteiger partial charge in [-0.05, 0) is 5.56 Å². The predicted molar refractivity (Wildman–Crippen MR) is 74.7 cm³/mol. The Hall–Kier alpha value is -2.89. The normalized spacial score (nSPS) is 10.2. The lowest BCUT2D eigenvalue weighted by atomic mass is 10.2. The highest BCUT2D eigenvalue weighted by Gasteiger charge is 2.08. The van der Waals surface area contributed by atoms with E-state index in [4.69, 9.17) is 4.74 Å². The zero-order chi connectivity index (χ0) is 13.6. The second-order valence-electron chi connectivity index (χ2n) is 4.05. The molecular formula is C14H13N5O. The summed E-state index contributed by atoms with van der Waals surface area (Å²) in [7, 11) is 0. The number of imidazole rings is 1. The number of rotatable bonds is 5. The van der Waals surface area contributed by atoms with Gasteiger partial charge in [-0.1, -0.05) is 30.3 Å². The lowest BCUT2D eigenvalue weighted by Crippen LogP contribution is -2.03. The molecule has 2 heterocycles. The molecule has 0 aliphatic rings. The minimum absolute atomic E-state index is 0.437. The highest BCUT2D eigenvalue weighted by molar-refractivity contribution is 5.53. The molecule has 0 unspecified atom stereocenters. The average molecular weight is 267 g/mol. The summed E-state index contributed by atoms with van der Waals surface area (Å²) in [5, 5.41) is 3.02. The van der Waals surface area contributed by atoms with E-state index < -0.39 is 0 Å². The highest BCUT2D eigenvalue weighted by atomic mass is 16.5. The van der Waals surface area contributed by atoms with Gasteiger partial charge in [0.2, 0.25) is 5.95 Å². The quantitative estimate of drug-likeness (QED) is 0.743. The van der Waals surface area contributed by atoms with Crippen molar-refractivity contribution in [3.8, 4) is 5.88 Å². The summed E-state index contributed by atoms with van der Waals surface area (Å²) in [5.74, 6) is 1.56. The second-order valence-corrected chi connectivity index (χ2v) is 4.05. The molecule has 3 rings (SSSR count). The molecule has 0 fully saturated rings. The number of H-pyrrole nitrogens is 1. The fraction of sp³-hybridized carbons (Fsp3) is 0.0714. The monoisotopic (exact) mass is 267 g/mol. The minimum Gasteiger partial charge on any atom is -0.470 e. The number of ether oxygens (including phenoxy) is 1. The maximum atomic E-state index is 5.69. The van der Waals surface area contributed by atoms with Crippen molar-refractivity contribution < 1.29 is 4.74 Å². The Balaban J connectivity index is 1.73. The van der Waals surface area contributed by atoms with Crippen LogP contribution >= 0.6 is 0 Å².